The maximum atomic E-state index is 12.7. The second kappa shape index (κ2) is 7.41. The number of hydrogen-bond donors (Lipinski definition) is 0. The van der Waals surface area contributed by atoms with E-state index in [-0.39, 0.29) is 18.8 Å². The van der Waals surface area contributed by atoms with Gasteiger partial charge in [-0.2, -0.15) is 5.26 Å². The number of carbonyl (C=O) groups excluding carboxylic acids is 1. The molecule has 5 rings (SSSR count). The van der Waals surface area contributed by atoms with Gasteiger partial charge in [-0.15, -0.1) is 0 Å². The van der Waals surface area contributed by atoms with E-state index in [0.29, 0.717) is 49.1 Å². The Balaban J connectivity index is 1.40. The molecular weight excluding hydrogens is 372 g/mol. The van der Waals surface area contributed by atoms with Crippen LogP contribution in [0.4, 0.5) is 5.82 Å². The summed E-state index contributed by atoms with van der Waals surface area (Å²) < 4.78 is 16.4. The Bertz CT molecular complexity index is 996. The van der Waals surface area contributed by atoms with Gasteiger partial charge in [0.05, 0.1) is 11.1 Å². The average Bonchev–Trinajstić information content (AvgIpc) is 3.37. The molecule has 0 radical (unpaired) electrons. The number of nitriles is 1. The van der Waals surface area contributed by atoms with Crippen LogP contribution >= 0.6 is 0 Å². The van der Waals surface area contributed by atoms with Gasteiger partial charge in [-0.3, -0.25) is 4.79 Å². The van der Waals surface area contributed by atoms with E-state index in [1.165, 1.54) is 0 Å². The van der Waals surface area contributed by atoms with Crippen molar-refractivity contribution >= 4 is 22.6 Å². The molecule has 1 unspecified atom stereocenters. The van der Waals surface area contributed by atoms with Crippen molar-refractivity contribution in [3.63, 3.8) is 0 Å². The summed E-state index contributed by atoms with van der Waals surface area (Å²) in [6, 6.07) is 7.84. The van der Waals surface area contributed by atoms with Gasteiger partial charge in [0.1, 0.15) is 18.0 Å². The average molecular weight is 394 g/mol. The van der Waals surface area contributed by atoms with Crippen molar-refractivity contribution < 1.29 is 19.0 Å². The Morgan fingerprint density at radius 2 is 1.97 bits per heavy atom. The van der Waals surface area contributed by atoms with Crippen LogP contribution in [0, 0.1) is 11.3 Å². The lowest BCUT2D eigenvalue weighted by Gasteiger charge is -2.25. The van der Waals surface area contributed by atoms with Gasteiger partial charge in [0, 0.05) is 44.2 Å². The van der Waals surface area contributed by atoms with E-state index in [1.54, 1.807) is 0 Å². The van der Waals surface area contributed by atoms with Crippen molar-refractivity contribution in [2.24, 2.45) is 0 Å². The van der Waals surface area contributed by atoms with Crippen LogP contribution in [0.15, 0.2) is 18.2 Å². The van der Waals surface area contributed by atoms with Crippen LogP contribution in [0.2, 0.25) is 0 Å². The fourth-order valence-corrected chi connectivity index (χ4v) is 4.20. The number of nitrogens with zero attached hydrogens (tertiary/aromatic N) is 4. The van der Waals surface area contributed by atoms with Crippen molar-refractivity contribution in [2.75, 3.05) is 44.5 Å². The summed E-state index contributed by atoms with van der Waals surface area (Å²) in [6.07, 6.45) is 2.28. The van der Waals surface area contributed by atoms with Gasteiger partial charge in [0.15, 0.2) is 11.5 Å². The van der Waals surface area contributed by atoms with E-state index >= 15 is 0 Å². The Labute approximate surface area is 168 Å². The van der Waals surface area contributed by atoms with Crippen LogP contribution in [0.25, 0.3) is 10.9 Å². The van der Waals surface area contributed by atoms with Gasteiger partial charge in [-0.05, 0) is 31.4 Å². The van der Waals surface area contributed by atoms with Gasteiger partial charge in [-0.1, -0.05) is 0 Å². The predicted molar refractivity (Wildman–Crippen MR) is 105 cm³/mol. The molecule has 0 aliphatic carbocycles. The van der Waals surface area contributed by atoms with Gasteiger partial charge in [-0.25, -0.2) is 4.98 Å². The molecule has 0 N–H and O–H groups in total. The zero-order chi connectivity index (χ0) is 19.8. The summed E-state index contributed by atoms with van der Waals surface area (Å²) in [5.41, 5.74) is 1.29. The summed E-state index contributed by atoms with van der Waals surface area (Å²) in [5, 5.41) is 10.5. The highest BCUT2D eigenvalue weighted by atomic mass is 16.7. The molecule has 3 aliphatic heterocycles. The highest BCUT2D eigenvalue weighted by molar-refractivity contribution is 5.86. The van der Waals surface area contributed by atoms with Gasteiger partial charge in [0.2, 0.25) is 6.79 Å². The number of amides is 1. The minimum absolute atomic E-state index is 0.0871. The van der Waals surface area contributed by atoms with E-state index < -0.39 is 0 Å². The van der Waals surface area contributed by atoms with Crippen molar-refractivity contribution in [3.05, 3.63) is 23.8 Å². The first-order valence-corrected chi connectivity index (χ1v) is 10.0. The fourth-order valence-electron chi connectivity index (χ4n) is 4.20. The van der Waals surface area contributed by atoms with Crippen LogP contribution < -0.4 is 14.4 Å². The highest BCUT2D eigenvalue weighted by Gasteiger charge is 2.30. The molecule has 2 fully saturated rings. The second-order valence-electron chi connectivity index (χ2n) is 7.54. The molecule has 0 bridgehead atoms. The summed E-state index contributed by atoms with van der Waals surface area (Å²) in [6.45, 7) is 3.54. The monoisotopic (exact) mass is 394 g/mol. The first kappa shape index (κ1) is 18.0. The molecule has 8 heteroatoms. The molecule has 2 saturated heterocycles. The third kappa shape index (κ3) is 3.32. The van der Waals surface area contributed by atoms with E-state index in [4.69, 9.17) is 19.2 Å². The molecule has 1 aromatic heterocycles. The zero-order valence-electron chi connectivity index (χ0n) is 16.1. The molecule has 29 heavy (non-hydrogen) atoms. The number of ether oxygens (including phenoxy) is 3. The number of pyridine rings is 1. The summed E-state index contributed by atoms with van der Waals surface area (Å²) >= 11 is 0. The van der Waals surface area contributed by atoms with Crippen LogP contribution in [-0.2, 0) is 9.53 Å². The number of rotatable bonds is 2. The third-order valence-corrected chi connectivity index (χ3v) is 5.72. The molecule has 2 aromatic rings. The number of benzene rings is 1. The highest BCUT2D eigenvalue weighted by Crippen LogP contribution is 2.37. The Morgan fingerprint density at radius 3 is 2.76 bits per heavy atom. The lowest BCUT2D eigenvalue weighted by atomic mass is 10.1. The number of carbonyl (C=O) groups is 1. The number of fused-ring (bicyclic) bond motifs is 2. The largest absolute Gasteiger partial charge is 0.454 e. The molecule has 3 aliphatic rings. The topological polar surface area (TPSA) is 87.9 Å². The molecule has 4 heterocycles. The standard InChI is InChI=1S/C21H22N4O4/c22-12-15-9-14-10-18-19(29-13-28-18)11-16(14)23-20(15)24-4-2-5-25(7-6-24)21(26)17-3-1-8-27-17/h9-11,17H,1-8,13H2. The zero-order valence-corrected chi connectivity index (χ0v) is 16.1. The second-order valence-corrected chi connectivity index (χ2v) is 7.54. The van der Waals surface area contributed by atoms with Crippen LogP contribution in [0.5, 0.6) is 11.5 Å². The smallest absolute Gasteiger partial charge is 0.251 e. The molecular formula is C21H22N4O4. The number of aromatic nitrogens is 1. The van der Waals surface area contributed by atoms with Gasteiger partial charge in [0.25, 0.3) is 5.91 Å². The predicted octanol–water partition coefficient (Wildman–Crippen LogP) is 2.05. The van der Waals surface area contributed by atoms with Gasteiger partial charge < -0.3 is 24.0 Å². The molecule has 1 amide bonds. The fraction of sp³-hybridized carbons (Fsp3) is 0.476. The van der Waals surface area contributed by atoms with E-state index in [1.807, 2.05) is 23.1 Å². The van der Waals surface area contributed by atoms with Crippen LogP contribution in [0.3, 0.4) is 0 Å². The van der Waals surface area contributed by atoms with Crippen molar-refractivity contribution in [3.8, 4) is 17.6 Å². The summed E-state index contributed by atoms with van der Waals surface area (Å²) in [5.74, 6) is 2.09. The quantitative estimate of drug-likeness (QED) is 0.770. The minimum Gasteiger partial charge on any atom is -0.454 e. The first-order chi connectivity index (χ1) is 14.2. The van der Waals surface area contributed by atoms with Crippen molar-refractivity contribution in [2.45, 2.75) is 25.4 Å². The Kier molecular flexibility index (Phi) is 4.60. The lowest BCUT2D eigenvalue weighted by molar-refractivity contribution is -0.140. The SMILES string of the molecule is N#Cc1cc2cc3c(cc2nc1N1CCCN(C(=O)C2CCCO2)CC1)OCO3. The normalized spacial score (nSPS) is 21.3. The minimum atomic E-state index is -0.292. The summed E-state index contributed by atoms with van der Waals surface area (Å²) in [7, 11) is 0. The van der Waals surface area contributed by atoms with Gasteiger partial charge >= 0.3 is 0 Å². The number of anilines is 1. The number of hydrogen-bond acceptors (Lipinski definition) is 7. The molecule has 1 aromatic carbocycles. The third-order valence-electron chi connectivity index (χ3n) is 5.72. The molecule has 0 saturated carbocycles. The first-order valence-electron chi connectivity index (χ1n) is 10.0. The maximum Gasteiger partial charge on any atom is 0.251 e. The lowest BCUT2D eigenvalue weighted by Crippen LogP contribution is -2.41. The van der Waals surface area contributed by atoms with E-state index in [0.717, 1.165) is 36.7 Å². The molecule has 1 atom stereocenters. The Morgan fingerprint density at radius 1 is 1.10 bits per heavy atom. The Hall–Kier alpha value is -3.05. The molecule has 0 spiro atoms. The van der Waals surface area contributed by atoms with E-state index in [2.05, 4.69) is 11.0 Å². The van der Waals surface area contributed by atoms with Crippen molar-refractivity contribution in [1.82, 2.24) is 9.88 Å². The maximum absolute atomic E-state index is 12.7. The van der Waals surface area contributed by atoms with Crippen molar-refractivity contribution in [1.29, 1.82) is 5.26 Å². The van der Waals surface area contributed by atoms with Crippen LogP contribution in [0.1, 0.15) is 24.8 Å². The summed E-state index contributed by atoms with van der Waals surface area (Å²) in [4.78, 5) is 21.5. The van der Waals surface area contributed by atoms with Crippen LogP contribution in [-0.4, -0.2) is 61.5 Å². The van der Waals surface area contributed by atoms with E-state index in [9.17, 15) is 10.1 Å². The molecule has 8 nitrogen and oxygen atoms in total. The molecule has 150 valence electrons.